The lowest BCUT2D eigenvalue weighted by Crippen LogP contribution is -2.17. The van der Waals surface area contributed by atoms with E-state index in [1.165, 1.54) is 18.3 Å². The van der Waals surface area contributed by atoms with Gasteiger partial charge in [0.2, 0.25) is 0 Å². The number of benzene rings is 4. The van der Waals surface area contributed by atoms with Crippen molar-refractivity contribution in [2.24, 2.45) is 5.10 Å². The normalized spacial score (nSPS) is 10.8. The zero-order valence-corrected chi connectivity index (χ0v) is 22.5. The summed E-state index contributed by atoms with van der Waals surface area (Å²) in [5.41, 5.74) is 4.43. The van der Waals surface area contributed by atoms with Gasteiger partial charge in [-0.2, -0.15) is 5.10 Å². The van der Waals surface area contributed by atoms with Crippen molar-refractivity contribution < 1.29 is 19.1 Å². The van der Waals surface area contributed by atoms with E-state index < -0.39 is 11.9 Å². The minimum absolute atomic E-state index is 0.188. The monoisotopic (exact) mass is 586 g/mol. The van der Waals surface area contributed by atoms with Crippen LogP contribution in [-0.4, -0.2) is 18.1 Å². The first-order chi connectivity index (χ1) is 18.3. The van der Waals surface area contributed by atoms with Crippen LogP contribution >= 0.6 is 46.4 Å². The molecule has 0 aliphatic rings. The van der Waals surface area contributed by atoms with Crippen LogP contribution in [0.2, 0.25) is 20.1 Å². The van der Waals surface area contributed by atoms with Gasteiger partial charge in [0.25, 0.3) is 5.91 Å². The Bertz CT molecular complexity index is 1510. The Morgan fingerprint density at radius 2 is 1.50 bits per heavy atom. The molecule has 38 heavy (non-hydrogen) atoms. The number of carbonyl (C=O) groups excluding carboxylic acids is 2. The van der Waals surface area contributed by atoms with Gasteiger partial charge in [-0.15, -0.1) is 0 Å². The topological polar surface area (TPSA) is 77.0 Å². The van der Waals surface area contributed by atoms with Gasteiger partial charge < -0.3 is 9.47 Å². The van der Waals surface area contributed by atoms with Crippen molar-refractivity contribution in [3.63, 3.8) is 0 Å². The van der Waals surface area contributed by atoms with E-state index >= 15 is 0 Å². The number of halogens is 4. The largest absolute Gasteiger partial charge is 0.489 e. The Balaban J connectivity index is 1.31. The van der Waals surface area contributed by atoms with E-state index in [1.54, 1.807) is 72.8 Å². The van der Waals surface area contributed by atoms with E-state index in [9.17, 15) is 9.59 Å². The quantitative estimate of drug-likeness (QED) is 0.0985. The van der Waals surface area contributed by atoms with Crippen molar-refractivity contribution in [1.29, 1.82) is 0 Å². The highest BCUT2D eigenvalue weighted by atomic mass is 35.5. The fourth-order valence-corrected chi connectivity index (χ4v) is 4.16. The van der Waals surface area contributed by atoms with E-state index in [0.29, 0.717) is 31.9 Å². The minimum Gasteiger partial charge on any atom is -0.489 e. The first kappa shape index (κ1) is 27.5. The summed E-state index contributed by atoms with van der Waals surface area (Å²) in [4.78, 5) is 24.9. The minimum atomic E-state index is -0.627. The zero-order chi connectivity index (χ0) is 27.1. The number of esters is 1. The summed E-state index contributed by atoms with van der Waals surface area (Å²) in [6.07, 6.45) is 1.43. The smallest absolute Gasteiger partial charge is 0.345 e. The maximum Gasteiger partial charge on any atom is 0.345 e. The second-order valence-electron chi connectivity index (χ2n) is 7.83. The lowest BCUT2D eigenvalue weighted by atomic mass is 10.2. The fraction of sp³-hybridized carbons (Fsp3) is 0.0357. The Kier molecular flexibility index (Phi) is 9.26. The molecule has 4 aromatic rings. The lowest BCUT2D eigenvalue weighted by molar-refractivity contribution is 0.0734. The Labute approximate surface area is 238 Å². The molecule has 10 heteroatoms. The Hall–Kier alpha value is -3.55. The molecule has 0 bridgehead atoms. The molecule has 0 radical (unpaired) electrons. The third-order valence-corrected chi connectivity index (χ3v) is 6.26. The predicted octanol–water partition coefficient (Wildman–Crippen LogP) is 7.86. The molecule has 0 saturated heterocycles. The number of ether oxygens (including phenoxy) is 2. The molecule has 0 aliphatic heterocycles. The van der Waals surface area contributed by atoms with Crippen molar-refractivity contribution in [2.75, 3.05) is 0 Å². The third-order valence-electron chi connectivity index (χ3n) is 5.13. The van der Waals surface area contributed by atoms with E-state index in [1.807, 2.05) is 0 Å². The number of nitrogens with zero attached hydrogens (tertiary/aromatic N) is 1. The van der Waals surface area contributed by atoms with Gasteiger partial charge >= 0.3 is 5.97 Å². The Morgan fingerprint density at radius 1 is 0.789 bits per heavy atom. The summed E-state index contributed by atoms with van der Waals surface area (Å²) in [6.45, 7) is 0.257. The number of nitrogens with one attached hydrogen (secondary N) is 1. The average molecular weight is 588 g/mol. The van der Waals surface area contributed by atoms with Crippen molar-refractivity contribution in [2.45, 2.75) is 6.61 Å². The van der Waals surface area contributed by atoms with Gasteiger partial charge in [0.15, 0.2) is 0 Å². The molecule has 1 amide bonds. The highest BCUT2D eigenvalue weighted by Crippen LogP contribution is 2.24. The molecule has 0 spiro atoms. The molecule has 1 N–H and O–H groups in total. The van der Waals surface area contributed by atoms with Crippen LogP contribution in [0.25, 0.3) is 0 Å². The SMILES string of the molecule is O=C(N/N=C\c1cccc(OC(=O)c2ccc(Cl)cc2Cl)c1)c1ccc(OCc2ccc(Cl)cc2Cl)cc1. The van der Waals surface area contributed by atoms with Crippen LogP contribution in [0.1, 0.15) is 31.8 Å². The molecule has 4 aromatic carbocycles. The van der Waals surface area contributed by atoms with Gasteiger partial charge in [-0.05, 0) is 72.3 Å². The number of hydrogen-bond donors (Lipinski definition) is 1. The van der Waals surface area contributed by atoms with Gasteiger partial charge in [-0.1, -0.05) is 64.6 Å². The molecular formula is C28H18Cl4N2O4. The summed E-state index contributed by atoms with van der Waals surface area (Å²) in [5, 5.41) is 5.64. The van der Waals surface area contributed by atoms with Crippen LogP contribution < -0.4 is 14.9 Å². The van der Waals surface area contributed by atoms with Crippen LogP contribution in [0.5, 0.6) is 11.5 Å². The number of hydrazone groups is 1. The van der Waals surface area contributed by atoms with Gasteiger partial charge in [0, 0.05) is 26.2 Å². The van der Waals surface area contributed by atoms with Crippen molar-refractivity contribution in [3.05, 3.63) is 127 Å². The third kappa shape index (κ3) is 7.49. The van der Waals surface area contributed by atoms with Crippen LogP contribution in [0.3, 0.4) is 0 Å². The van der Waals surface area contributed by atoms with Crippen molar-refractivity contribution in [1.82, 2.24) is 5.43 Å². The van der Waals surface area contributed by atoms with Gasteiger partial charge in [0.05, 0.1) is 16.8 Å². The molecule has 192 valence electrons. The van der Waals surface area contributed by atoms with Crippen LogP contribution in [0.4, 0.5) is 0 Å². The zero-order valence-electron chi connectivity index (χ0n) is 19.5. The molecule has 4 rings (SSSR count). The number of carbonyl (C=O) groups is 2. The average Bonchev–Trinajstić information content (AvgIpc) is 2.88. The molecule has 0 saturated carbocycles. The second kappa shape index (κ2) is 12.8. The first-order valence-corrected chi connectivity index (χ1v) is 12.6. The van der Waals surface area contributed by atoms with Crippen LogP contribution in [0, 0.1) is 0 Å². The highest BCUT2D eigenvalue weighted by Gasteiger charge is 2.13. The second-order valence-corrected chi connectivity index (χ2v) is 9.52. The van der Waals surface area contributed by atoms with Crippen LogP contribution in [-0.2, 0) is 6.61 Å². The summed E-state index contributed by atoms with van der Waals surface area (Å²) in [6, 6.07) is 22.9. The molecule has 0 unspecified atom stereocenters. The molecule has 0 fully saturated rings. The summed E-state index contributed by atoms with van der Waals surface area (Å²) < 4.78 is 11.1. The number of hydrogen-bond acceptors (Lipinski definition) is 5. The fourth-order valence-electron chi connectivity index (χ4n) is 3.21. The molecule has 0 aromatic heterocycles. The molecule has 0 atom stereocenters. The summed E-state index contributed by atoms with van der Waals surface area (Å²) in [5.74, 6) is -0.180. The van der Waals surface area contributed by atoms with Crippen molar-refractivity contribution >= 4 is 64.5 Å². The molecule has 0 heterocycles. The van der Waals surface area contributed by atoms with Gasteiger partial charge in [0.1, 0.15) is 18.1 Å². The number of amides is 1. The standard InChI is InChI=1S/C28H18Cl4N2O4/c29-20-7-4-19(25(31)13-20)16-37-22-9-5-18(6-10-22)27(35)34-33-15-17-2-1-3-23(12-17)38-28(36)24-11-8-21(30)14-26(24)32/h1-15H,16H2,(H,34,35)/b33-15-. The highest BCUT2D eigenvalue weighted by molar-refractivity contribution is 6.36. The van der Waals surface area contributed by atoms with Crippen molar-refractivity contribution in [3.8, 4) is 11.5 Å². The summed E-state index contributed by atoms with van der Waals surface area (Å²) in [7, 11) is 0. The van der Waals surface area contributed by atoms with E-state index in [-0.39, 0.29) is 22.9 Å². The van der Waals surface area contributed by atoms with Gasteiger partial charge in [-0.25, -0.2) is 10.2 Å². The van der Waals surface area contributed by atoms with E-state index in [2.05, 4.69) is 10.5 Å². The molecule has 0 aliphatic carbocycles. The molecule has 6 nitrogen and oxygen atoms in total. The lowest BCUT2D eigenvalue weighted by Gasteiger charge is -2.09. The van der Waals surface area contributed by atoms with E-state index in [4.69, 9.17) is 55.9 Å². The predicted molar refractivity (Wildman–Crippen MR) is 150 cm³/mol. The van der Waals surface area contributed by atoms with Gasteiger partial charge in [-0.3, -0.25) is 4.79 Å². The summed E-state index contributed by atoms with van der Waals surface area (Å²) >= 11 is 24.0. The maximum atomic E-state index is 12.4. The Morgan fingerprint density at radius 3 is 2.21 bits per heavy atom. The first-order valence-electron chi connectivity index (χ1n) is 11.1. The maximum absolute atomic E-state index is 12.4. The molecular weight excluding hydrogens is 570 g/mol. The van der Waals surface area contributed by atoms with E-state index in [0.717, 1.165) is 5.56 Å². The van der Waals surface area contributed by atoms with Crippen LogP contribution in [0.15, 0.2) is 90.0 Å². The number of rotatable bonds is 8.